The molecule has 0 atom stereocenters. The predicted molar refractivity (Wildman–Crippen MR) is 73.9 cm³/mol. The third-order valence-corrected chi connectivity index (χ3v) is 3.95. The van der Waals surface area contributed by atoms with Crippen LogP contribution in [0.1, 0.15) is 11.4 Å². The van der Waals surface area contributed by atoms with E-state index in [1.165, 1.54) is 5.56 Å². The number of hydrogen-bond acceptors (Lipinski definition) is 4. The second-order valence-electron chi connectivity index (χ2n) is 3.77. The Morgan fingerprint density at radius 1 is 1.35 bits per heavy atom. The van der Waals surface area contributed by atoms with Crippen molar-refractivity contribution in [3.8, 4) is 0 Å². The van der Waals surface area contributed by atoms with Gasteiger partial charge in [0.1, 0.15) is 5.82 Å². The van der Waals surface area contributed by atoms with Crippen LogP contribution in [0.4, 0.5) is 5.69 Å². The highest BCUT2D eigenvalue weighted by Gasteiger charge is 2.06. The fourth-order valence-electron chi connectivity index (χ4n) is 1.42. The first-order chi connectivity index (χ1) is 8.06. The van der Waals surface area contributed by atoms with Crippen molar-refractivity contribution >= 4 is 33.4 Å². The smallest absolute Gasteiger partial charge is 0.191 e. The molecule has 17 heavy (non-hydrogen) atoms. The number of nitrogens with zero attached hydrogens (tertiary/aromatic N) is 3. The maximum Gasteiger partial charge on any atom is 0.191 e. The summed E-state index contributed by atoms with van der Waals surface area (Å²) in [6.45, 7) is 1.94. The molecule has 0 amide bonds. The largest absolute Gasteiger partial charge is 0.399 e. The number of anilines is 1. The molecule has 2 rings (SSSR count). The Morgan fingerprint density at radius 3 is 2.71 bits per heavy atom. The number of thioether (sulfide) groups is 1. The summed E-state index contributed by atoms with van der Waals surface area (Å²) in [6.07, 6.45) is 0. The molecule has 0 radical (unpaired) electrons. The summed E-state index contributed by atoms with van der Waals surface area (Å²) in [6, 6.07) is 5.92. The van der Waals surface area contributed by atoms with Gasteiger partial charge in [-0.3, -0.25) is 0 Å². The molecule has 1 heterocycles. The third-order valence-electron chi connectivity index (χ3n) is 2.40. The van der Waals surface area contributed by atoms with Crippen molar-refractivity contribution in [1.82, 2.24) is 14.8 Å². The van der Waals surface area contributed by atoms with Gasteiger partial charge in [-0.2, -0.15) is 0 Å². The van der Waals surface area contributed by atoms with Gasteiger partial charge in [0.25, 0.3) is 0 Å². The minimum absolute atomic E-state index is 0.768. The Kier molecular flexibility index (Phi) is 3.73. The molecule has 0 saturated heterocycles. The van der Waals surface area contributed by atoms with Gasteiger partial charge in [0.05, 0.1) is 0 Å². The molecule has 0 aliphatic heterocycles. The van der Waals surface area contributed by atoms with Gasteiger partial charge >= 0.3 is 0 Å². The average molecular weight is 313 g/mol. The van der Waals surface area contributed by atoms with Crippen molar-refractivity contribution in [2.45, 2.75) is 17.8 Å². The highest BCUT2D eigenvalue weighted by Crippen LogP contribution is 2.24. The summed E-state index contributed by atoms with van der Waals surface area (Å²) in [5, 5.41) is 9.05. The fraction of sp³-hybridized carbons (Fsp3) is 0.273. The lowest BCUT2D eigenvalue weighted by atomic mass is 10.2. The zero-order chi connectivity index (χ0) is 12.4. The van der Waals surface area contributed by atoms with Crippen molar-refractivity contribution in [2.75, 3.05) is 5.73 Å². The second kappa shape index (κ2) is 5.10. The van der Waals surface area contributed by atoms with E-state index in [-0.39, 0.29) is 0 Å². The summed E-state index contributed by atoms with van der Waals surface area (Å²) in [5.74, 6) is 1.75. The Hall–Kier alpha value is -1.01. The zero-order valence-corrected chi connectivity index (χ0v) is 12.0. The molecule has 1 aromatic heterocycles. The highest BCUT2D eigenvalue weighted by atomic mass is 79.9. The summed E-state index contributed by atoms with van der Waals surface area (Å²) < 4.78 is 2.98. The molecule has 4 nitrogen and oxygen atoms in total. The topological polar surface area (TPSA) is 56.7 Å². The summed E-state index contributed by atoms with van der Waals surface area (Å²) in [7, 11) is 1.97. The summed E-state index contributed by atoms with van der Waals surface area (Å²) in [5.41, 5.74) is 7.73. The zero-order valence-electron chi connectivity index (χ0n) is 9.64. The number of hydrogen-bond donors (Lipinski definition) is 1. The summed E-state index contributed by atoms with van der Waals surface area (Å²) >= 11 is 5.09. The molecule has 0 saturated carbocycles. The number of rotatable bonds is 3. The third kappa shape index (κ3) is 3.01. The molecule has 0 aliphatic carbocycles. The van der Waals surface area contributed by atoms with E-state index in [1.54, 1.807) is 11.8 Å². The minimum atomic E-state index is 0.768. The normalized spacial score (nSPS) is 10.8. The second-order valence-corrected chi connectivity index (χ2v) is 5.63. The number of aromatic nitrogens is 3. The molecule has 6 heteroatoms. The van der Waals surface area contributed by atoms with Crippen molar-refractivity contribution in [3.63, 3.8) is 0 Å². The molecular formula is C11H13BrN4S. The van der Waals surface area contributed by atoms with Crippen LogP contribution in [0.25, 0.3) is 0 Å². The van der Waals surface area contributed by atoms with Crippen LogP contribution in [0, 0.1) is 6.92 Å². The SMILES string of the molecule is Cc1nnc(SCc2cc(N)cc(Br)c2)n1C. The van der Waals surface area contributed by atoms with Crippen LogP contribution >= 0.6 is 27.7 Å². The molecule has 2 aromatic rings. The minimum Gasteiger partial charge on any atom is -0.399 e. The predicted octanol–water partition coefficient (Wildman–Crippen LogP) is 2.76. The first-order valence-corrected chi connectivity index (χ1v) is 6.88. The number of nitrogens with two attached hydrogens (primary N) is 1. The molecule has 0 bridgehead atoms. The Balaban J connectivity index is 2.09. The monoisotopic (exact) mass is 312 g/mol. The van der Waals surface area contributed by atoms with Gasteiger partial charge in [0, 0.05) is 23.0 Å². The molecular weight excluding hydrogens is 300 g/mol. The quantitative estimate of drug-likeness (QED) is 0.699. The van der Waals surface area contributed by atoms with Crippen molar-refractivity contribution in [3.05, 3.63) is 34.1 Å². The molecule has 90 valence electrons. The van der Waals surface area contributed by atoms with Crippen LogP contribution in [-0.2, 0) is 12.8 Å². The van der Waals surface area contributed by atoms with Crippen LogP contribution in [0.5, 0.6) is 0 Å². The van der Waals surface area contributed by atoms with Gasteiger partial charge in [-0.05, 0) is 30.7 Å². The Bertz CT molecular complexity index is 518. The van der Waals surface area contributed by atoms with E-state index in [1.807, 2.05) is 30.7 Å². The summed E-state index contributed by atoms with van der Waals surface area (Å²) in [4.78, 5) is 0. The first-order valence-electron chi connectivity index (χ1n) is 5.10. The van der Waals surface area contributed by atoms with Crippen LogP contribution in [0.2, 0.25) is 0 Å². The van der Waals surface area contributed by atoms with Gasteiger partial charge in [0.15, 0.2) is 5.16 Å². The lowest BCUT2D eigenvalue weighted by Gasteiger charge is -2.04. The van der Waals surface area contributed by atoms with E-state index in [2.05, 4.69) is 32.2 Å². The molecule has 1 aromatic carbocycles. The maximum absolute atomic E-state index is 5.79. The number of halogens is 1. The van der Waals surface area contributed by atoms with E-state index < -0.39 is 0 Å². The van der Waals surface area contributed by atoms with E-state index in [0.29, 0.717) is 0 Å². The first kappa shape index (κ1) is 12.4. The number of aryl methyl sites for hydroxylation is 1. The number of nitrogen functional groups attached to an aromatic ring is 1. The lowest BCUT2D eigenvalue weighted by Crippen LogP contribution is -1.94. The Morgan fingerprint density at radius 2 is 2.12 bits per heavy atom. The molecule has 0 unspecified atom stereocenters. The molecule has 2 N–H and O–H groups in total. The average Bonchev–Trinajstić information content (AvgIpc) is 2.56. The van der Waals surface area contributed by atoms with E-state index in [9.17, 15) is 0 Å². The van der Waals surface area contributed by atoms with Gasteiger partial charge in [0.2, 0.25) is 0 Å². The maximum atomic E-state index is 5.79. The van der Waals surface area contributed by atoms with Crippen molar-refractivity contribution in [1.29, 1.82) is 0 Å². The van der Waals surface area contributed by atoms with Crippen molar-refractivity contribution < 1.29 is 0 Å². The van der Waals surface area contributed by atoms with Gasteiger partial charge in [-0.25, -0.2) is 0 Å². The molecule has 0 aliphatic rings. The van der Waals surface area contributed by atoms with Crippen molar-refractivity contribution in [2.24, 2.45) is 7.05 Å². The standard InChI is InChI=1S/C11H13BrN4S/c1-7-14-15-11(16(7)2)17-6-8-3-9(12)5-10(13)4-8/h3-5H,6,13H2,1-2H3. The van der Waals surface area contributed by atoms with Gasteiger partial charge < -0.3 is 10.3 Å². The van der Waals surface area contributed by atoms with Crippen LogP contribution < -0.4 is 5.73 Å². The van der Waals surface area contributed by atoms with Crippen LogP contribution in [0.3, 0.4) is 0 Å². The van der Waals surface area contributed by atoms with E-state index >= 15 is 0 Å². The fourth-order valence-corrected chi connectivity index (χ4v) is 2.87. The number of benzene rings is 1. The van der Waals surface area contributed by atoms with Crippen LogP contribution in [0.15, 0.2) is 27.8 Å². The highest BCUT2D eigenvalue weighted by molar-refractivity contribution is 9.10. The Labute approximate surface area is 113 Å². The molecule has 0 spiro atoms. The lowest BCUT2D eigenvalue weighted by molar-refractivity contribution is 0.765. The van der Waals surface area contributed by atoms with Crippen LogP contribution in [-0.4, -0.2) is 14.8 Å². The van der Waals surface area contributed by atoms with Gasteiger partial charge in [-0.15, -0.1) is 10.2 Å². The molecule has 0 fully saturated rings. The van der Waals surface area contributed by atoms with Gasteiger partial charge in [-0.1, -0.05) is 27.7 Å². The van der Waals surface area contributed by atoms with E-state index in [4.69, 9.17) is 5.73 Å². The van der Waals surface area contributed by atoms with E-state index in [0.717, 1.165) is 26.9 Å².